The van der Waals surface area contributed by atoms with Crippen LogP contribution in [0.5, 0.6) is 5.75 Å². The maximum atomic E-state index is 12.7. The second kappa shape index (κ2) is 6.07. The van der Waals surface area contributed by atoms with Crippen molar-refractivity contribution in [2.45, 2.75) is 26.7 Å². The van der Waals surface area contributed by atoms with Crippen LogP contribution in [0.3, 0.4) is 0 Å². The number of carbonyl (C=O) groups is 3. The lowest BCUT2D eigenvalue weighted by atomic mass is 9.82. The Hall–Kier alpha value is -2.69. The summed E-state index contributed by atoms with van der Waals surface area (Å²) in [5, 5.41) is 0. The molecule has 2 amide bonds. The van der Waals surface area contributed by atoms with Crippen LogP contribution in [0, 0.1) is 11.8 Å². The predicted molar refractivity (Wildman–Crippen MR) is 89.4 cm³/mol. The first kappa shape index (κ1) is 16.2. The van der Waals surface area contributed by atoms with Gasteiger partial charge in [0.15, 0.2) is 0 Å². The monoisotopic (exact) mass is 325 g/mol. The molecule has 0 unspecified atom stereocenters. The fourth-order valence-electron chi connectivity index (χ4n) is 3.17. The molecule has 2 atom stereocenters. The maximum Gasteiger partial charge on any atom is 0.338 e. The molecule has 0 bridgehead atoms. The van der Waals surface area contributed by atoms with Crippen molar-refractivity contribution in [1.82, 2.24) is 0 Å². The highest BCUT2D eigenvalue weighted by molar-refractivity contribution is 6.22. The number of benzene rings is 1. The zero-order chi connectivity index (χ0) is 17.4. The van der Waals surface area contributed by atoms with E-state index in [1.54, 1.807) is 25.1 Å². The highest BCUT2D eigenvalue weighted by Gasteiger charge is 2.48. The quantitative estimate of drug-likeness (QED) is 0.282. The predicted octanol–water partition coefficient (Wildman–Crippen LogP) is 3.01. The average Bonchev–Trinajstić information content (AvgIpc) is 2.78. The summed E-state index contributed by atoms with van der Waals surface area (Å²) in [7, 11) is 0. The molecule has 1 saturated heterocycles. The molecule has 0 radical (unpaired) electrons. The summed E-state index contributed by atoms with van der Waals surface area (Å²) in [5.41, 5.74) is 1.86. The van der Waals surface area contributed by atoms with Gasteiger partial charge in [-0.05, 0) is 38.8 Å². The molecule has 3 rings (SSSR count). The molecule has 1 aromatic rings. The van der Waals surface area contributed by atoms with Gasteiger partial charge in [0, 0.05) is 11.6 Å². The van der Waals surface area contributed by atoms with Gasteiger partial charge < -0.3 is 4.74 Å². The van der Waals surface area contributed by atoms with Crippen LogP contribution in [0.2, 0.25) is 0 Å². The minimum absolute atomic E-state index is 0.180. The number of amides is 2. The number of esters is 1. The van der Waals surface area contributed by atoms with E-state index in [0.717, 1.165) is 5.57 Å². The van der Waals surface area contributed by atoms with E-state index in [4.69, 9.17) is 4.74 Å². The molecule has 0 aromatic heterocycles. The number of carbonyl (C=O) groups excluding carboxylic acids is 3. The number of hydrogen-bond acceptors (Lipinski definition) is 4. The normalized spacial score (nSPS) is 22.9. The van der Waals surface area contributed by atoms with Crippen LogP contribution in [0.4, 0.5) is 5.69 Å². The third-order valence-corrected chi connectivity index (χ3v) is 4.46. The zero-order valence-electron chi connectivity index (χ0n) is 13.7. The van der Waals surface area contributed by atoms with Gasteiger partial charge >= 0.3 is 5.97 Å². The largest absolute Gasteiger partial charge is 0.423 e. The molecule has 0 saturated carbocycles. The number of imide groups is 1. The molecule has 1 aromatic carbocycles. The van der Waals surface area contributed by atoms with Crippen molar-refractivity contribution in [3.8, 4) is 5.75 Å². The first-order valence-electron chi connectivity index (χ1n) is 7.89. The number of hydrogen-bond donors (Lipinski definition) is 0. The van der Waals surface area contributed by atoms with E-state index >= 15 is 0 Å². The lowest BCUT2D eigenvalue weighted by Crippen LogP contribution is -2.30. The number of anilines is 1. The molecule has 24 heavy (non-hydrogen) atoms. The number of nitrogens with zero attached hydrogens (tertiary/aromatic N) is 1. The van der Waals surface area contributed by atoms with Crippen LogP contribution in [0.1, 0.15) is 26.7 Å². The second-order valence-electron chi connectivity index (χ2n) is 6.38. The molecule has 1 aliphatic heterocycles. The fraction of sp³-hybridized carbons (Fsp3) is 0.316. The Bertz CT molecular complexity index is 777. The summed E-state index contributed by atoms with van der Waals surface area (Å²) in [5.74, 6) is -1.20. The Balaban J connectivity index is 1.87. The van der Waals surface area contributed by atoms with E-state index in [2.05, 4.69) is 6.58 Å². The molecule has 5 nitrogen and oxygen atoms in total. The highest BCUT2D eigenvalue weighted by Crippen LogP contribution is 2.40. The Kier molecular flexibility index (Phi) is 4.09. The van der Waals surface area contributed by atoms with Gasteiger partial charge in [0.1, 0.15) is 5.75 Å². The van der Waals surface area contributed by atoms with Crippen molar-refractivity contribution in [1.29, 1.82) is 0 Å². The first-order chi connectivity index (χ1) is 11.4. The maximum absolute atomic E-state index is 12.7. The topological polar surface area (TPSA) is 63.7 Å². The van der Waals surface area contributed by atoms with Crippen molar-refractivity contribution < 1.29 is 19.1 Å². The van der Waals surface area contributed by atoms with E-state index in [0.29, 0.717) is 18.5 Å². The zero-order valence-corrected chi connectivity index (χ0v) is 13.7. The minimum atomic E-state index is -0.542. The summed E-state index contributed by atoms with van der Waals surface area (Å²) in [6.45, 7) is 7.07. The van der Waals surface area contributed by atoms with Crippen LogP contribution < -0.4 is 9.64 Å². The Morgan fingerprint density at radius 3 is 2.67 bits per heavy atom. The minimum Gasteiger partial charge on any atom is -0.423 e. The van der Waals surface area contributed by atoms with E-state index in [1.807, 2.05) is 13.0 Å². The molecule has 5 heteroatoms. The lowest BCUT2D eigenvalue weighted by Gasteiger charge is -2.18. The van der Waals surface area contributed by atoms with Gasteiger partial charge in [-0.25, -0.2) is 9.69 Å². The molecule has 124 valence electrons. The van der Waals surface area contributed by atoms with E-state index < -0.39 is 5.97 Å². The van der Waals surface area contributed by atoms with Gasteiger partial charge in [-0.1, -0.05) is 24.3 Å². The number of rotatable bonds is 3. The van der Waals surface area contributed by atoms with E-state index in [1.165, 1.54) is 11.0 Å². The van der Waals surface area contributed by atoms with Gasteiger partial charge in [-0.15, -0.1) is 0 Å². The van der Waals surface area contributed by atoms with Gasteiger partial charge in [0.05, 0.1) is 17.5 Å². The fourth-order valence-corrected chi connectivity index (χ4v) is 3.17. The van der Waals surface area contributed by atoms with Crippen LogP contribution in [0.15, 0.2) is 48.1 Å². The molecule has 1 fully saturated rings. The molecular formula is C19H19NO4. The molecule has 2 aliphatic rings. The van der Waals surface area contributed by atoms with Crippen LogP contribution >= 0.6 is 0 Å². The molecule has 1 heterocycles. The van der Waals surface area contributed by atoms with Crippen molar-refractivity contribution in [3.05, 3.63) is 48.1 Å². The standard InChI is InChI=1S/C19H19NO4/c1-11(2)19(23)24-14-6-4-5-13(10-14)20-17(21)15-8-7-12(3)9-16(15)18(20)22/h4-7,10,15-16H,1,8-9H2,2-3H3/t15-,16-/m0/s1. The van der Waals surface area contributed by atoms with Crippen molar-refractivity contribution in [2.75, 3.05) is 4.90 Å². The molecule has 0 N–H and O–H groups in total. The molecule has 0 spiro atoms. The smallest absolute Gasteiger partial charge is 0.338 e. The number of ether oxygens (including phenoxy) is 1. The Morgan fingerprint density at radius 1 is 1.25 bits per heavy atom. The van der Waals surface area contributed by atoms with Gasteiger partial charge in [0.2, 0.25) is 11.8 Å². The van der Waals surface area contributed by atoms with Crippen LogP contribution in [-0.4, -0.2) is 17.8 Å². The van der Waals surface area contributed by atoms with Gasteiger partial charge in [-0.3, -0.25) is 9.59 Å². The Morgan fingerprint density at radius 2 is 1.96 bits per heavy atom. The summed E-state index contributed by atoms with van der Waals surface area (Å²) in [6, 6.07) is 6.47. The third-order valence-electron chi connectivity index (χ3n) is 4.46. The van der Waals surface area contributed by atoms with Crippen molar-refractivity contribution in [3.63, 3.8) is 0 Å². The van der Waals surface area contributed by atoms with E-state index in [9.17, 15) is 14.4 Å². The van der Waals surface area contributed by atoms with Crippen LogP contribution in [-0.2, 0) is 14.4 Å². The first-order valence-corrected chi connectivity index (χ1v) is 7.89. The number of fused-ring (bicyclic) bond motifs is 1. The lowest BCUT2D eigenvalue weighted by molar-refractivity contribution is -0.130. The second-order valence-corrected chi connectivity index (χ2v) is 6.38. The number of allylic oxidation sites excluding steroid dienone is 2. The SMILES string of the molecule is C=C(C)C(=O)Oc1cccc(N2C(=O)[C@H]3CC=C(C)C[C@@H]3C2=O)c1. The summed E-state index contributed by atoms with van der Waals surface area (Å²) in [4.78, 5) is 38.2. The van der Waals surface area contributed by atoms with Gasteiger partial charge in [-0.2, -0.15) is 0 Å². The van der Waals surface area contributed by atoms with Crippen molar-refractivity contribution >= 4 is 23.5 Å². The average molecular weight is 325 g/mol. The van der Waals surface area contributed by atoms with Gasteiger partial charge in [0.25, 0.3) is 0 Å². The summed E-state index contributed by atoms with van der Waals surface area (Å²) in [6.07, 6.45) is 3.25. The molecule has 1 aliphatic carbocycles. The highest BCUT2D eigenvalue weighted by atomic mass is 16.5. The summed E-state index contributed by atoms with van der Waals surface area (Å²) < 4.78 is 5.18. The Labute approximate surface area is 140 Å². The third kappa shape index (κ3) is 2.77. The van der Waals surface area contributed by atoms with Crippen LogP contribution in [0.25, 0.3) is 0 Å². The van der Waals surface area contributed by atoms with E-state index in [-0.39, 0.29) is 35.0 Å². The summed E-state index contributed by atoms with van der Waals surface area (Å²) >= 11 is 0. The molecular weight excluding hydrogens is 306 g/mol. The van der Waals surface area contributed by atoms with Crippen molar-refractivity contribution in [2.24, 2.45) is 11.8 Å².